The fourth-order valence-corrected chi connectivity index (χ4v) is 3.27. The number of nitrogens with zero attached hydrogens (tertiary/aromatic N) is 2. The van der Waals surface area contributed by atoms with Gasteiger partial charge in [0, 0.05) is 5.57 Å². The zero-order chi connectivity index (χ0) is 22.2. The summed E-state index contributed by atoms with van der Waals surface area (Å²) in [6.07, 6.45) is 6.25. The number of benzene rings is 3. The first-order valence-corrected chi connectivity index (χ1v) is 10.6. The number of nitrogens with one attached hydrogen (secondary N) is 1. The average molecular weight is 424 g/mol. The third-order valence-electron chi connectivity index (χ3n) is 5.03. The Bertz CT molecular complexity index is 1180. The highest BCUT2D eigenvalue weighted by Crippen LogP contribution is 2.21. The summed E-state index contributed by atoms with van der Waals surface area (Å²) in [5.41, 5.74) is 4.26. The molecule has 0 atom stereocenters. The van der Waals surface area contributed by atoms with Gasteiger partial charge in [-0.3, -0.25) is 4.79 Å². The number of amides is 1. The summed E-state index contributed by atoms with van der Waals surface area (Å²) in [5.74, 6) is 0.580. The van der Waals surface area contributed by atoms with Crippen LogP contribution in [0.4, 0.5) is 5.69 Å². The van der Waals surface area contributed by atoms with Crippen LogP contribution in [-0.4, -0.2) is 15.7 Å². The van der Waals surface area contributed by atoms with Gasteiger partial charge in [-0.25, -0.2) is 4.68 Å². The molecule has 0 saturated carbocycles. The van der Waals surface area contributed by atoms with Crippen LogP contribution in [0.2, 0.25) is 0 Å². The van der Waals surface area contributed by atoms with Gasteiger partial charge in [-0.15, -0.1) is 0 Å². The van der Waals surface area contributed by atoms with Crippen LogP contribution in [-0.2, 0) is 17.9 Å². The molecule has 5 heteroatoms. The van der Waals surface area contributed by atoms with E-state index in [1.54, 1.807) is 17.1 Å². The molecule has 0 bridgehead atoms. The molecule has 1 amide bonds. The number of carbonyl (C=O) groups excluding carboxylic acids is 1. The summed E-state index contributed by atoms with van der Waals surface area (Å²) in [6.45, 7) is 2.38. The van der Waals surface area contributed by atoms with Crippen molar-refractivity contribution in [2.24, 2.45) is 0 Å². The van der Waals surface area contributed by atoms with Crippen molar-refractivity contribution in [1.82, 2.24) is 9.78 Å². The Labute approximate surface area is 188 Å². The molecule has 32 heavy (non-hydrogen) atoms. The lowest BCUT2D eigenvalue weighted by Gasteiger charge is -2.09. The molecule has 1 heterocycles. The molecular formula is C27H25N3O2. The summed E-state index contributed by atoms with van der Waals surface area (Å²) >= 11 is 0. The van der Waals surface area contributed by atoms with Gasteiger partial charge in [0.15, 0.2) is 6.73 Å². The number of hydrogen-bond donors (Lipinski definition) is 1. The summed E-state index contributed by atoms with van der Waals surface area (Å²) in [7, 11) is 0. The van der Waals surface area contributed by atoms with Crippen molar-refractivity contribution in [2.75, 3.05) is 5.32 Å². The lowest BCUT2D eigenvalue weighted by molar-refractivity contribution is -0.111. The number of rotatable bonds is 8. The largest absolute Gasteiger partial charge is 0.471 e. The van der Waals surface area contributed by atoms with Gasteiger partial charge in [0.2, 0.25) is 0 Å². The molecule has 0 aliphatic carbocycles. The van der Waals surface area contributed by atoms with E-state index in [0.29, 0.717) is 11.3 Å². The Morgan fingerprint density at radius 2 is 1.66 bits per heavy atom. The van der Waals surface area contributed by atoms with Crippen molar-refractivity contribution < 1.29 is 9.53 Å². The molecule has 0 aliphatic rings. The van der Waals surface area contributed by atoms with E-state index in [9.17, 15) is 4.79 Å². The van der Waals surface area contributed by atoms with Crippen LogP contribution in [0.3, 0.4) is 0 Å². The van der Waals surface area contributed by atoms with Gasteiger partial charge >= 0.3 is 0 Å². The minimum absolute atomic E-state index is 0.198. The normalized spacial score (nSPS) is 11.2. The maximum absolute atomic E-state index is 13.1. The number of anilines is 1. The van der Waals surface area contributed by atoms with Crippen molar-refractivity contribution in [2.45, 2.75) is 20.1 Å². The Hall–Kier alpha value is -4.12. The standard InChI is InChI=1S/C27H25N3O2/c1-2-21-13-15-25(16-14-21)32-20-30-19-24(18-28-30)29-27(31)26(23-11-7-4-8-12-23)17-22-9-5-3-6-10-22/h3-19H,2,20H2,1H3,(H,29,31)/b26-17-. The predicted molar refractivity (Wildman–Crippen MR) is 128 cm³/mol. The molecule has 0 unspecified atom stereocenters. The monoisotopic (exact) mass is 423 g/mol. The quantitative estimate of drug-likeness (QED) is 0.294. The van der Waals surface area contributed by atoms with Crippen molar-refractivity contribution in [3.8, 4) is 5.75 Å². The first kappa shape index (κ1) is 21.1. The Morgan fingerprint density at radius 3 is 2.34 bits per heavy atom. The van der Waals surface area contributed by atoms with Crippen molar-refractivity contribution in [3.05, 3.63) is 114 Å². The van der Waals surface area contributed by atoms with Crippen LogP contribution in [0.5, 0.6) is 5.75 Å². The zero-order valence-electron chi connectivity index (χ0n) is 17.9. The number of ether oxygens (including phenoxy) is 1. The van der Waals surface area contributed by atoms with Crippen molar-refractivity contribution in [1.29, 1.82) is 0 Å². The molecule has 0 spiro atoms. The lowest BCUT2D eigenvalue weighted by atomic mass is 10.0. The lowest BCUT2D eigenvalue weighted by Crippen LogP contribution is -2.13. The summed E-state index contributed by atoms with van der Waals surface area (Å²) in [6, 6.07) is 27.4. The fourth-order valence-electron chi connectivity index (χ4n) is 3.27. The SMILES string of the molecule is CCc1ccc(OCn2cc(NC(=O)/C(=C\c3ccccc3)c3ccccc3)cn2)cc1. The van der Waals surface area contributed by atoms with Crippen molar-refractivity contribution >= 4 is 23.2 Å². The maximum atomic E-state index is 13.1. The van der Waals surface area contributed by atoms with Crippen LogP contribution in [0.1, 0.15) is 23.6 Å². The minimum atomic E-state index is -0.198. The fraction of sp³-hybridized carbons (Fsp3) is 0.111. The Balaban J connectivity index is 1.45. The molecule has 4 rings (SSSR count). The van der Waals surface area contributed by atoms with Gasteiger partial charge in [-0.05, 0) is 41.3 Å². The highest BCUT2D eigenvalue weighted by atomic mass is 16.5. The third-order valence-corrected chi connectivity index (χ3v) is 5.03. The third kappa shape index (κ3) is 5.52. The van der Waals surface area contributed by atoms with E-state index in [1.807, 2.05) is 91.0 Å². The summed E-state index contributed by atoms with van der Waals surface area (Å²) in [4.78, 5) is 13.1. The maximum Gasteiger partial charge on any atom is 0.256 e. The Morgan fingerprint density at radius 1 is 0.969 bits per heavy atom. The van der Waals surface area contributed by atoms with E-state index in [4.69, 9.17) is 4.74 Å². The molecule has 3 aromatic carbocycles. The average Bonchev–Trinajstić information content (AvgIpc) is 3.30. The zero-order valence-corrected chi connectivity index (χ0v) is 17.9. The van der Waals surface area contributed by atoms with Gasteiger partial charge in [-0.2, -0.15) is 5.10 Å². The van der Waals surface area contributed by atoms with Crippen molar-refractivity contribution in [3.63, 3.8) is 0 Å². The second-order valence-corrected chi connectivity index (χ2v) is 7.33. The van der Waals surface area contributed by atoms with Gasteiger partial charge in [0.1, 0.15) is 5.75 Å². The summed E-state index contributed by atoms with van der Waals surface area (Å²) < 4.78 is 7.43. The second kappa shape index (κ2) is 10.3. The molecule has 4 aromatic rings. The number of carbonyl (C=O) groups is 1. The second-order valence-electron chi connectivity index (χ2n) is 7.33. The van der Waals surface area contributed by atoms with Crippen LogP contribution in [0, 0.1) is 0 Å². The van der Waals surface area contributed by atoms with Crippen LogP contribution in [0.25, 0.3) is 11.6 Å². The molecular weight excluding hydrogens is 398 g/mol. The van der Waals surface area contributed by atoms with E-state index < -0.39 is 0 Å². The van der Waals surface area contributed by atoms with E-state index in [0.717, 1.165) is 23.3 Å². The smallest absolute Gasteiger partial charge is 0.256 e. The highest BCUT2D eigenvalue weighted by molar-refractivity contribution is 6.29. The van der Waals surface area contributed by atoms with Gasteiger partial charge in [0.05, 0.1) is 18.1 Å². The minimum Gasteiger partial charge on any atom is -0.471 e. The molecule has 160 valence electrons. The van der Waals surface area contributed by atoms with E-state index in [-0.39, 0.29) is 12.6 Å². The van der Waals surface area contributed by atoms with E-state index in [1.165, 1.54) is 5.56 Å². The summed E-state index contributed by atoms with van der Waals surface area (Å²) in [5, 5.41) is 7.24. The molecule has 0 saturated heterocycles. The van der Waals surface area contributed by atoms with Crippen LogP contribution in [0.15, 0.2) is 97.3 Å². The number of hydrogen-bond acceptors (Lipinski definition) is 3. The van der Waals surface area contributed by atoms with E-state index in [2.05, 4.69) is 17.3 Å². The van der Waals surface area contributed by atoms with Crippen LogP contribution >= 0.6 is 0 Å². The number of aryl methyl sites for hydroxylation is 1. The molecule has 0 fully saturated rings. The molecule has 0 radical (unpaired) electrons. The number of aromatic nitrogens is 2. The molecule has 5 nitrogen and oxygen atoms in total. The van der Waals surface area contributed by atoms with Crippen LogP contribution < -0.4 is 10.1 Å². The van der Waals surface area contributed by atoms with Gasteiger partial charge < -0.3 is 10.1 Å². The van der Waals surface area contributed by atoms with Gasteiger partial charge in [-0.1, -0.05) is 79.7 Å². The first-order valence-electron chi connectivity index (χ1n) is 10.6. The molecule has 1 N–H and O–H groups in total. The highest BCUT2D eigenvalue weighted by Gasteiger charge is 2.13. The first-order chi connectivity index (χ1) is 15.7. The predicted octanol–water partition coefficient (Wildman–Crippen LogP) is 5.66. The molecule has 1 aromatic heterocycles. The van der Waals surface area contributed by atoms with Gasteiger partial charge in [0.25, 0.3) is 5.91 Å². The topological polar surface area (TPSA) is 56.1 Å². The Kier molecular flexibility index (Phi) is 6.78. The molecule has 0 aliphatic heterocycles. The van der Waals surface area contributed by atoms with E-state index >= 15 is 0 Å².